The van der Waals surface area contributed by atoms with Gasteiger partial charge in [-0.05, 0) is 31.2 Å². The number of rotatable bonds is 4. The van der Waals surface area contributed by atoms with Crippen LogP contribution in [0.3, 0.4) is 0 Å². The van der Waals surface area contributed by atoms with E-state index in [1.807, 2.05) is 0 Å². The van der Waals surface area contributed by atoms with Gasteiger partial charge in [0.25, 0.3) is 0 Å². The topological polar surface area (TPSA) is 55.0 Å². The standard InChI is InChI=1S/C15H26N4/c1-3-12-13(11-16)15(18-17-14(12)4-2)19-9-7-5-6-8-10-19/h3-11,16H2,1-2H3. The largest absolute Gasteiger partial charge is 0.355 e. The van der Waals surface area contributed by atoms with E-state index >= 15 is 0 Å². The number of hydrogen-bond donors (Lipinski definition) is 1. The summed E-state index contributed by atoms with van der Waals surface area (Å²) in [6, 6.07) is 0. The lowest BCUT2D eigenvalue weighted by atomic mass is 10.0. The predicted octanol–water partition coefficient (Wildman–Crippen LogP) is 2.44. The molecule has 0 atom stereocenters. The lowest BCUT2D eigenvalue weighted by molar-refractivity contribution is 0.726. The van der Waals surface area contributed by atoms with Crippen LogP contribution in [0.1, 0.15) is 56.4 Å². The van der Waals surface area contributed by atoms with Gasteiger partial charge in [-0.3, -0.25) is 0 Å². The fourth-order valence-corrected chi connectivity index (χ4v) is 2.99. The second-order valence-corrected chi connectivity index (χ2v) is 5.24. The van der Waals surface area contributed by atoms with E-state index < -0.39 is 0 Å². The number of anilines is 1. The number of nitrogens with two attached hydrogens (primary N) is 1. The third kappa shape index (κ3) is 3.06. The van der Waals surface area contributed by atoms with Crippen LogP contribution in [0.4, 0.5) is 5.82 Å². The zero-order valence-corrected chi connectivity index (χ0v) is 12.3. The van der Waals surface area contributed by atoms with E-state index in [1.54, 1.807) is 0 Å². The fourth-order valence-electron chi connectivity index (χ4n) is 2.99. The minimum absolute atomic E-state index is 0.567. The maximum atomic E-state index is 6.00. The lowest BCUT2D eigenvalue weighted by Gasteiger charge is -2.25. The highest BCUT2D eigenvalue weighted by Gasteiger charge is 2.19. The maximum Gasteiger partial charge on any atom is 0.156 e. The highest BCUT2D eigenvalue weighted by atomic mass is 15.3. The first-order valence-corrected chi connectivity index (χ1v) is 7.64. The van der Waals surface area contributed by atoms with Crippen LogP contribution in [-0.4, -0.2) is 23.3 Å². The van der Waals surface area contributed by atoms with Crippen molar-refractivity contribution in [3.05, 3.63) is 16.8 Å². The average molecular weight is 262 g/mol. The molecule has 19 heavy (non-hydrogen) atoms. The first kappa shape index (κ1) is 14.3. The third-order valence-electron chi connectivity index (χ3n) is 4.05. The molecule has 1 fully saturated rings. The Kier molecular flexibility index (Phi) is 5.14. The van der Waals surface area contributed by atoms with Gasteiger partial charge in [0.05, 0.1) is 5.69 Å². The molecule has 0 saturated carbocycles. The molecule has 2 heterocycles. The first-order valence-electron chi connectivity index (χ1n) is 7.64. The molecule has 106 valence electrons. The van der Waals surface area contributed by atoms with E-state index in [2.05, 4.69) is 28.9 Å². The molecular formula is C15H26N4. The SMILES string of the molecule is CCc1nnc(N2CCCCCC2)c(CN)c1CC. The number of hydrogen-bond acceptors (Lipinski definition) is 4. The summed E-state index contributed by atoms with van der Waals surface area (Å²) < 4.78 is 0. The Morgan fingerprint density at radius 3 is 2.16 bits per heavy atom. The van der Waals surface area contributed by atoms with Crippen molar-refractivity contribution >= 4 is 5.82 Å². The molecule has 1 aromatic heterocycles. The highest BCUT2D eigenvalue weighted by molar-refractivity contribution is 5.51. The van der Waals surface area contributed by atoms with Gasteiger partial charge in [0, 0.05) is 25.2 Å². The van der Waals surface area contributed by atoms with Crippen LogP contribution >= 0.6 is 0 Å². The van der Waals surface area contributed by atoms with Crippen molar-refractivity contribution in [1.29, 1.82) is 0 Å². The Balaban J connectivity index is 2.38. The molecule has 0 amide bonds. The van der Waals surface area contributed by atoms with Crippen molar-refractivity contribution in [2.45, 2.75) is 58.9 Å². The van der Waals surface area contributed by atoms with Crippen LogP contribution in [0, 0.1) is 0 Å². The molecule has 0 aromatic carbocycles. The monoisotopic (exact) mass is 262 g/mol. The number of nitrogens with zero attached hydrogens (tertiary/aromatic N) is 3. The van der Waals surface area contributed by atoms with Gasteiger partial charge < -0.3 is 10.6 Å². The third-order valence-corrected chi connectivity index (χ3v) is 4.05. The lowest BCUT2D eigenvalue weighted by Crippen LogP contribution is -2.28. The van der Waals surface area contributed by atoms with Crippen LogP contribution in [0.2, 0.25) is 0 Å². The molecule has 1 aromatic rings. The molecule has 1 saturated heterocycles. The smallest absolute Gasteiger partial charge is 0.156 e. The summed E-state index contributed by atoms with van der Waals surface area (Å²) in [7, 11) is 0. The Hall–Kier alpha value is -1.16. The highest BCUT2D eigenvalue weighted by Crippen LogP contribution is 2.25. The van der Waals surface area contributed by atoms with E-state index in [1.165, 1.54) is 36.8 Å². The van der Waals surface area contributed by atoms with E-state index in [0.717, 1.165) is 37.4 Å². The second kappa shape index (κ2) is 6.85. The van der Waals surface area contributed by atoms with Gasteiger partial charge in [-0.15, -0.1) is 5.10 Å². The van der Waals surface area contributed by atoms with Crippen molar-refractivity contribution < 1.29 is 0 Å². The van der Waals surface area contributed by atoms with Crippen molar-refractivity contribution in [2.75, 3.05) is 18.0 Å². The summed E-state index contributed by atoms with van der Waals surface area (Å²) in [5.41, 5.74) is 9.65. The van der Waals surface area contributed by atoms with Gasteiger partial charge >= 0.3 is 0 Å². The number of aryl methyl sites for hydroxylation is 1. The molecule has 2 rings (SSSR count). The van der Waals surface area contributed by atoms with Crippen molar-refractivity contribution in [3.63, 3.8) is 0 Å². The second-order valence-electron chi connectivity index (χ2n) is 5.24. The molecular weight excluding hydrogens is 236 g/mol. The van der Waals surface area contributed by atoms with Gasteiger partial charge in [0.1, 0.15) is 0 Å². The van der Waals surface area contributed by atoms with Crippen molar-refractivity contribution in [3.8, 4) is 0 Å². The maximum absolute atomic E-state index is 6.00. The molecule has 1 aliphatic heterocycles. The summed E-state index contributed by atoms with van der Waals surface area (Å²) in [5, 5.41) is 8.93. The van der Waals surface area contributed by atoms with Crippen LogP contribution < -0.4 is 10.6 Å². The van der Waals surface area contributed by atoms with Crippen molar-refractivity contribution in [1.82, 2.24) is 10.2 Å². The fraction of sp³-hybridized carbons (Fsp3) is 0.733. The molecule has 2 N–H and O–H groups in total. The Morgan fingerprint density at radius 2 is 1.63 bits per heavy atom. The van der Waals surface area contributed by atoms with Crippen LogP contribution in [0.5, 0.6) is 0 Å². The summed E-state index contributed by atoms with van der Waals surface area (Å²) in [4.78, 5) is 2.39. The zero-order valence-electron chi connectivity index (χ0n) is 12.3. The minimum atomic E-state index is 0.567. The summed E-state index contributed by atoms with van der Waals surface area (Å²) >= 11 is 0. The van der Waals surface area contributed by atoms with Crippen LogP contribution in [0.25, 0.3) is 0 Å². The molecule has 4 nitrogen and oxygen atoms in total. The van der Waals surface area contributed by atoms with Crippen LogP contribution in [0.15, 0.2) is 0 Å². The van der Waals surface area contributed by atoms with Gasteiger partial charge in [0.2, 0.25) is 0 Å². The molecule has 1 aliphatic rings. The quantitative estimate of drug-likeness (QED) is 0.905. The summed E-state index contributed by atoms with van der Waals surface area (Å²) in [6.45, 7) is 7.07. The minimum Gasteiger partial charge on any atom is -0.355 e. The van der Waals surface area contributed by atoms with Crippen molar-refractivity contribution in [2.24, 2.45) is 5.73 Å². The number of aromatic nitrogens is 2. The first-order chi connectivity index (χ1) is 9.31. The summed E-state index contributed by atoms with van der Waals surface area (Å²) in [6.07, 6.45) is 7.09. The summed E-state index contributed by atoms with van der Waals surface area (Å²) in [5.74, 6) is 1.04. The molecule has 0 radical (unpaired) electrons. The van der Waals surface area contributed by atoms with Gasteiger partial charge in [-0.1, -0.05) is 26.7 Å². The predicted molar refractivity (Wildman–Crippen MR) is 79.4 cm³/mol. The van der Waals surface area contributed by atoms with E-state index in [0.29, 0.717) is 6.54 Å². The van der Waals surface area contributed by atoms with Crippen LogP contribution in [-0.2, 0) is 19.4 Å². The Morgan fingerprint density at radius 1 is 0.947 bits per heavy atom. The molecule has 0 spiro atoms. The molecule has 0 unspecified atom stereocenters. The van der Waals surface area contributed by atoms with Gasteiger partial charge in [-0.25, -0.2) is 0 Å². The van der Waals surface area contributed by atoms with E-state index in [4.69, 9.17) is 5.73 Å². The molecule has 0 bridgehead atoms. The average Bonchev–Trinajstić information content (AvgIpc) is 2.74. The van der Waals surface area contributed by atoms with Gasteiger partial charge in [0.15, 0.2) is 5.82 Å². The van der Waals surface area contributed by atoms with E-state index in [-0.39, 0.29) is 0 Å². The molecule has 0 aliphatic carbocycles. The molecule has 4 heteroatoms. The van der Waals surface area contributed by atoms with E-state index in [9.17, 15) is 0 Å². The van der Waals surface area contributed by atoms with Gasteiger partial charge in [-0.2, -0.15) is 5.10 Å². The zero-order chi connectivity index (χ0) is 13.7. The Labute approximate surface area is 116 Å². The normalized spacial score (nSPS) is 16.5. The Bertz CT molecular complexity index is 409.